The Kier molecular flexibility index (Phi) is 5.80. The molecule has 1 aromatic rings. The lowest BCUT2D eigenvalue weighted by molar-refractivity contribution is 0.122. The van der Waals surface area contributed by atoms with E-state index in [9.17, 15) is 0 Å². The number of aliphatic hydroxyl groups excluding tert-OH is 1. The van der Waals surface area contributed by atoms with Crippen LogP contribution in [0.1, 0.15) is 19.4 Å². The van der Waals surface area contributed by atoms with E-state index < -0.39 is 6.10 Å². The van der Waals surface area contributed by atoms with Crippen LogP contribution in [0.2, 0.25) is 0 Å². The smallest absolute Gasteiger partial charge is 0.133 e. The van der Waals surface area contributed by atoms with Gasteiger partial charge in [0.25, 0.3) is 0 Å². The normalized spacial score (nSPS) is 12.5. The van der Waals surface area contributed by atoms with Crippen molar-refractivity contribution in [3.8, 4) is 5.75 Å². The molecule has 3 nitrogen and oxygen atoms in total. The molecule has 1 unspecified atom stereocenters. The van der Waals surface area contributed by atoms with Crippen molar-refractivity contribution in [3.05, 3.63) is 28.2 Å². The predicted octanol–water partition coefficient (Wildman–Crippen LogP) is 2.32. The van der Waals surface area contributed by atoms with E-state index in [0.717, 1.165) is 23.3 Å². The summed E-state index contributed by atoms with van der Waals surface area (Å²) in [5.74, 6) is 0.765. The molecule has 0 aliphatic heterocycles. The molecule has 0 amide bonds. The van der Waals surface area contributed by atoms with E-state index >= 15 is 0 Å². The van der Waals surface area contributed by atoms with Crippen molar-refractivity contribution < 1.29 is 9.84 Å². The fourth-order valence-electron chi connectivity index (χ4n) is 1.25. The Morgan fingerprint density at radius 3 is 2.81 bits per heavy atom. The van der Waals surface area contributed by atoms with E-state index in [1.165, 1.54) is 5.56 Å². The minimum absolute atomic E-state index is 0.311. The van der Waals surface area contributed by atoms with Gasteiger partial charge in [0.15, 0.2) is 0 Å². The Bertz CT molecular complexity index is 329. The summed E-state index contributed by atoms with van der Waals surface area (Å²) in [4.78, 5) is 0. The summed E-state index contributed by atoms with van der Waals surface area (Å²) in [5.41, 5.74) is 1.21. The molecule has 0 fully saturated rings. The van der Waals surface area contributed by atoms with Crippen molar-refractivity contribution in [2.45, 2.75) is 26.5 Å². The van der Waals surface area contributed by atoms with Crippen LogP contribution in [0, 0.1) is 0 Å². The molecular formula is C12H18BrNO2. The SMILES string of the molecule is CCNCc1ccc(OCC(C)O)c(Br)c1. The maximum absolute atomic E-state index is 9.12. The molecule has 0 aliphatic rings. The fourth-order valence-corrected chi connectivity index (χ4v) is 1.79. The quantitative estimate of drug-likeness (QED) is 0.844. The molecule has 2 N–H and O–H groups in total. The second kappa shape index (κ2) is 6.89. The van der Waals surface area contributed by atoms with E-state index in [2.05, 4.69) is 28.2 Å². The Morgan fingerprint density at radius 1 is 1.50 bits per heavy atom. The molecule has 16 heavy (non-hydrogen) atoms. The van der Waals surface area contributed by atoms with Gasteiger partial charge in [-0.3, -0.25) is 0 Å². The van der Waals surface area contributed by atoms with Crippen LogP contribution in [0.5, 0.6) is 5.75 Å². The lowest BCUT2D eigenvalue weighted by Crippen LogP contribution is -2.13. The number of halogens is 1. The van der Waals surface area contributed by atoms with Gasteiger partial charge < -0.3 is 15.2 Å². The fraction of sp³-hybridized carbons (Fsp3) is 0.500. The lowest BCUT2D eigenvalue weighted by atomic mass is 10.2. The van der Waals surface area contributed by atoms with E-state index in [1.807, 2.05) is 18.2 Å². The average Bonchev–Trinajstić information content (AvgIpc) is 2.24. The van der Waals surface area contributed by atoms with Gasteiger partial charge in [0.05, 0.1) is 10.6 Å². The van der Waals surface area contributed by atoms with Crippen molar-refractivity contribution in [1.82, 2.24) is 5.32 Å². The van der Waals surface area contributed by atoms with Gasteiger partial charge in [0.2, 0.25) is 0 Å². The Morgan fingerprint density at radius 2 is 2.25 bits per heavy atom. The topological polar surface area (TPSA) is 41.5 Å². The van der Waals surface area contributed by atoms with Crippen molar-refractivity contribution in [2.24, 2.45) is 0 Å². The number of ether oxygens (including phenoxy) is 1. The maximum Gasteiger partial charge on any atom is 0.133 e. The van der Waals surface area contributed by atoms with Gasteiger partial charge in [-0.1, -0.05) is 13.0 Å². The summed E-state index contributed by atoms with van der Waals surface area (Å²) in [6.07, 6.45) is -0.451. The van der Waals surface area contributed by atoms with Crippen LogP contribution in [-0.2, 0) is 6.54 Å². The number of benzene rings is 1. The van der Waals surface area contributed by atoms with Gasteiger partial charge in [0, 0.05) is 6.54 Å². The molecule has 0 aromatic heterocycles. The third-order valence-corrected chi connectivity index (χ3v) is 2.68. The standard InChI is InChI=1S/C12H18BrNO2/c1-3-14-7-10-4-5-12(11(13)6-10)16-8-9(2)15/h4-6,9,14-15H,3,7-8H2,1-2H3. The summed E-state index contributed by atoms with van der Waals surface area (Å²) >= 11 is 3.45. The predicted molar refractivity (Wildman–Crippen MR) is 68.7 cm³/mol. The second-order valence-electron chi connectivity index (χ2n) is 3.71. The molecule has 1 aromatic carbocycles. The summed E-state index contributed by atoms with van der Waals surface area (Å²) in [6.45, 7) is 5.90. The summed E-state index contributed by atoms with van der Waals surface area (Å²) in [5, 5.41) is 12.4. The van der Waals surface area contributed by atoms with E-state index in [-0.39, 0.29) is 0 Å². The van der Waals surface area contributed by atoms with Gasteiger partial charge in [-0.2, -0.15) is 0 Å². The minimum atomic E-state index is -0.451. The first kappa shape index (κ1) is 13.5. The molecule has 0 bridgehead atoms. The van der Waals surface area contributed by atoms with Gasteiger partial charge in [-0.05, 0) is 47.1 Å². The molecule has 4 heteroatoms. The van der Waals surface area contributed by atoms with Gasteiger partial charge >= 0.3 is 0 Å². The highest BCUT2D eigenvalue weighted by Gasteiger charge is 2.04. The average molecular weight is 288 g/mol. The molecule has 0 radical (unpaired) electrons. The van der Waals surface area contributed by atoms with Crippen LogP contribution in [0.15, 0.2) is 22.7 Å². The zero-order chi connectivity index (χ0) is 12.0. The van der Waals surface area contributed by atoms with Crippen molar-refractivity contribution >= 4 is 15.9 Å². The molecule has 90 valence electrons. The summed E-state index contributed by atoms with van der Waals surface area (Å²) in [6, 6.07) is 5.96. The number of hydrogen-bond acceptors (Lipinski definition) is 3. The summed E-state index contributed by atoms with van der Waals surface area (Å²) < 4.78 is 6.36. The number of nitrogens with one attached hydrogen (secondary N) is 1. The van der Waals surface area contributed by atoms with Crippen LogP contribution in [0.25, 0.3) is 0 Å². The van der Waals surface area contributed by atoms with Crippen LogP contribution >= 0.6 is 15.9 Å². The Labute approximate surface area is 105 Å². The van der Waals surface area contributed by atoms with Gasteiger partial charge in [0.1, 0.15) is 12.4 Å². The number of hydrogen-bond donors (Lipinski definition) is 2. The third kappa shape index (κ3) is 4.51. The van der Waals surface area contributed by atoms with Gasteiger partial charge in [-0.25, -0.2) is 0 Å². The molecule has 0 aliphatic carbocycles. The largest absolute Gasteiger partial charge is 0.490 e. The van der Waals surface area contributed by atoms with E-state index in [1.54, 1.807) is 6.92 Å². The zero-order valence-corrected chi connectivity index (χ0v) is 11.3. The maximum atomic E-state index is 9.12. The van der Waals surface area contributed by atoms with Crippen LogP contribution in [-0.4, -0.2) is 24.4 Å². The van der Waals surface area contributed by atoms with Crippen molar-refractivity contribution in [3.63, 3.8) is 0 Å². The van der Waals surface area contributed by atoms with Crippen molar-refractivity contribution in [2.75, 3.05) is 13.2 Å². The van der Waals surface area contributed by atoms with Crippen LogP contribution in [0.3, 0.4) is 0 Å². The number of aliphatic hydroxyl groups is 1. The highest BCUT2D eigenvalue weighted by Crippen LogP contribution is 2.26. The second-order valence-corrected chi connectivity index (χ2v) is 4.56. The first-order valence-corrected chi connectivity index (χ1v) is 6.22. The zero-order valence-electron chi connectivity index (χ0n) is 9.66. The molecule has 1 rings (SSSR count). The Balaban J connectivity index is 2.60. The molecule has 0 saturated carbocycles. The summed E-state index contributed by atoms with van der Waals surface area (Å²) in [7, 11) is 0. The highest BCUT2D eigenvalue weighted by molar-refractivity contribution is 9.10. The highest BCUT2D eigenvalue weighted by atomic mass is 79.9. The first-order valence-electron chi connectivity index (χ1n) is 5.43. The van der Waals surface area contributed by atoms with Crippen LogP contribution in [0.4, 0.5) is 0 Å². The molecular weight excluding hydrogens is 270 g/mol. The third-order valence-electron chi connectivity index (χ3n) is 2.06. The molecule has 1 atom stereocenters. The molecule has 0 heterocycles. The van der Waals surface area contributed by atoms with Crippen LogP contribution < -0.4 is 10.1 Å². The van der Waals surface area contributed by atoms with E-state index in [0.29, 0.717) is 6.61 Å². The molecule has 0 spiro atoms. The number of rotatable bonds is 6. The van der Waals surface area contributed by atoms with Crippen molar-refractivity contribution in [1.29, 1.82) is 0 Å². The Hall–Kier alpha value is -0.580. The lowest BCUT2D eigenvalue weighted by Gasteiger charge is -2.11. The van der Waals surface area contributed by atoms with E-state index in [4.69, 9.17) is 9.84 Å². The van der Waals surface area contributed by atoms with Gasteiger partial charge in [-0.15, -0.1) is 0 Å². The molecule has 0 saturated heterocycles. The first-order chi connectivity index (χ1) is 7.63. The minimum Gasteiger partial charge on any atom is -0.490 e. The monoisotopic (exact) mass is 287 g/mol.